The Hall–Kier alpha value is -2.65. The number of para-hydroxylation sites is 1. The number of hydrogen-bond acceptors (Lipinski definition) is 3. The smallest absolute Gasteiger partial charge is 0.0815 e. The van der Waals surface area contributed by atoms with Crippen LogP contribution in [0.4, 0.5) is 11.4 Å². The molecule has 0 aromatic heterocycles. The molecule has 0 bridgehead atoms. The lowest BCUT2D eigenvalue weighted by atomic mass is 9.72. The van der Waals surface area contributed by atoms with Crippen molar-refractivity contribution in [1.29, 1.82) is 0 Å². The molecule has 2 unspecified atom stereocenters. The molecule has 2 aliphatic rings. The van der Waals surface area contributed by atoms with Crippen molar-refractivity contribution in [1.82, 2.24) is 5.32 Å². The molecular weight excluding hydrogens is 474 g/mol. The van der Waals surface area contributed by atoms with E-state index in [0.717, 1.165) is 5.92 Å². The van der Waals surface area contributed by atoms with Gasteiger partial charge in [-0.1, -0.05) is 89.6 Å². The average molecular weight is 526 g/mol. The maximum Gasteiger partial charge on any atom is 0.0815 e. The van der Waals surface area contributed by atoms with E-state index in [4.69, 9.17) is 4.99 Å². The second-order valence-corrected chi connectivity index (χ2v) is 12.6. The van der Waals surface area contributed by atoms with Gasteiger partial charge in [0, 0.05) is 29.8 Å². The quantitative estimate of drug-likeness (QED) is 0.223. The standard InChI is InChI=1S/C27H30N2.C9H21N/c1-18-16-22(19-14-15-19)25(21-11-7-6-10-20(18)21)28-17-27(4)26(2,3)23-12-8-9-13-24(23)29(27)5;1-4-7-10-8-6-9(3)5-2/h6-13,16-17,19H,14-15H2,1-5H3;9-10H,4-8H2,1-3H3. The van der Waals surface area contributed by atoms with Crippen molar-refractivity contribution in [3.05, 3.63) is 71.3 Å². The van der Waals surface area contributed by atoms with Crippen molar-refractivity contribution in [2.75, 3.05) is 25.0 Å². The Kier molecular flexibility index (Phi) is 9.21. The summed E-state index contributed by atoms with van der Waals surface area (Å²) < 4.78 is 0. The van der Waals surface area contributed by atoms with Crippen molar-refractivity contribution >= 4 is 28.4 Å². The summed E-state index contributed by atoms with van der Waals surface area (Å²) in [7, 11) is 2.20. The summed E-state index contributed by atoms with van der Waals surface area (Å²) in [5.74, 6) is 1.56. The molecular formula is C36H51N3. The van der Waals surface area contributed by atoms with Crippen molar-refractivity contribution in [2.24, 2.45) is 10.9 Å². The molecule has 210 valence electrons. The first kappa shape index (κ1) is 29.3. The molecule has 0 radical (unpaired) electrons. The summed E-state index contributed by atoms with van der Waals surface area (Å²) in [5, 5.41) is 6.00. The van der Waals surface area contributed by atoms with E-state index >= 15 is 0 Å². The molecule has 5 rings (SSSR count). The second-order valence-electron chi connectivity index (χ2n) is 12.6. The number of nitrogens with one attached hydrogen (secondary N) is 1. The van der Waals surface area contributed by atoms with Gasteiger partial charge in [0.05, 0.1) is 11.2 Å². The first-order valence-electron chi connectivity index (χ1n) is 15.3. The highest BCUT2D eigenvalue weighted by Crippen LogP contribution is 2.51. The van der Waals surface area contributed by atoms with Gasteiger partial charge in [-0.05, 0) is 92.6 Å². The molecule has 0 amide bonds. The lowest BCUT2D eigenvalue weighted by Gasteiger charge is -2.40. The predicted octanol–water partition coefficient (Wildman–Crippen LogP) is 9.34. The third-order valence-corrected chi connectivity index (χ3v) is 9.55. The lowest BCUT2D eigenvalue weighted by Crippen LogP contribution is -2.53. The Morgan fingerprint density at radius 3 is 2.31 bits per heavy atom. The zero-order valence-electron chi connectivity index (χ0n) is 25.8. The largest absolute Gasteiger partial charge is 0.363 e. The van der Waals surface area contributed by atoms with Gasteiger partial charge in [0.1, 0.15) is 0 Å². The van der Waals surface area contributed by atoms with Crippen LogP contribution in [0.25, 0.3) is 10.8 Å². The molecule has 3 aromatic carbocycles. The Labute approximate surface area is 238 Å². The van der Waals surface area contributed by atoms with Crippen LogP contribution in [0.1, 0.15) is 96.3 Å². The first-order valence-corrected chi connectivity index (χ1v) is 15.3. The van der Waals surface area contributed by atoms with Crippen LogP contribution in [0.15, 0.2) is 59.6 Å². The number of hydrogen-bond donors (Lipinski definition) is 1. The number of nitrogens with zero attached hydrogens (tertiary/aromatic N) is 2. The highest BCUT2D eigenvalue weighted by atomic mass is 15.2. The van der Waals surface area contributed by atoms with Gasteiger partial charge in [-0.3, -0.25) is 4.99 Å². The molecule has 3 nitrogen and oxygen atoms in total. The molecule has 3 heteroatoms. The van der Waals surface area contributed by atoms with Crippen LogP contribution < -0.4 is 10.2 Å². The number of aryl methyl sites for hydroxylation is 1. The van der Waals surface area contributed by atoms with E-state index in [0.29, 0.717) is 5.92 Å². The van der Waals surface area contributed by atoms with E-state index in [2.05, 4.69) is 127 Å². The molecule has 0 spiro atoms. The molecule has 1 heterocycles. The Morgan fingerprint density at radius 2 is 1.67 bits per heavy atom. The van der Waals surface area contributed by atoms with Gasteiger partial charge < -0.3 is 10.2 Å². The minimum atomic E-state index is -0.191. The van der Waals surface area contributed by atoms with Gasteiger partial charge >= 0.3 is 0 Å². The van der Waals surface area contributed by atoms with Gasteiger partial charge in [-0.2, -0.15) is 0 Å². The van der Waals surface area contributed by atoms with Crippen molar-refractivity contribution in [3.8, 4) is 0 Å². The SMILES string of the molecule is CCCNCCC(C)CC.Cc1cc(C2CC2)c(N=CC2(C)N(C)c3ccccc3C2(C)C)c2ccccc12. The van der Waals surface area contributed by atoms with E-state index in [1.165, 1.54) is 84.0 Å². The summed E-state index contributed by atoms with van der Waals surface area (Å²) in [5.41, 5.74) is 6.45. The number of aliphatic imine (C=N–C) groups is 1. The Balaban J connectivity index is 0.000000303. The van der Waals surface area contributed by atoms with Crippen molar-refractivity contribution < 1.29 is 0 Å². The van der Waals surface area contributed by atoms with Gasteiger partial charge in [-0.25, -0.2) is 0 Å². The van der Waals surface area contributed by atoms with E-state index in [1.54, 1.807) is 0 Å². The summed E-state index contributed by atoms with van der Waals surface area (Å²) in [4.78, 5) is 7.65. The van der Waals surface area contributed by atoms with Crippen LogP contribution >= 0.6 is 0 Å². The molecule has 1 fully saturated rings. The predicted molar refractivity (Wildman–Crippen MR) is 172 cm³/mol. The highest BCUT2D eigenvalue weighted by molar-refractivity contribution is 5.99. The number of anilines is 1. The van der Waals surface area contributed by atoms with E-state index in [-0.39, 0.29) is 11.0 Å². The number of fused-ring (bicyclic) bond motifs is 2. The fraction of sp³-hybridized carbons (Fsp3) is 0.528. The second kappa shape index (κ2) is 12.3. The van der Waals surface area contributed by atoms with Crippen LogP contribution in [-0.4, -0.2) is 31.9 Å². The van der Waals surface area contributed by atoms with Gasteiger partial charge in [0.15, 0.2) is 0 Å². The first-order chi connectivity index (χ1) is 18.7. The molecule has 1 aliphatic carbocycles. The van der Waals surface area contributed by atoms with Gasteiger partial charge in [0.25, 0.3) is 0 Å². The molecule has 2 atom stereocenters. The van der Waals surface area contributed by atoms with Crippen LogP contribution in [-0.2, 0) is 5.41 Å². The van der Waals surface area contributed by atoms with Crippen LogP contribution in [0.2, 0.25) is 0 Å². The average Bonchev–Trinajstić information content (AvgIpc) is 3.78. The van der Waals surface area contributed by atoms with E-state index in [9.17, 15) is 0 Å². The van der Waals surface area contributed by atoms with Crippen LogP contribution in [0.3, 0.4) is 0 Å². The van der Waals surface area contributed by atoms with Crippen LogP contribution in [0, 0.1) is 12.8 Å². The van der Waals surface area contributed by atoms with Gasteiger partial charge in [-0.15, -0.1) is 0 Å². The zero-order valence-corrected chi connectivity index (χ0v) is 25.8. The van der Waals surface area contributed by atoms with Crippen molar-refractivity contribution in [2.45, 2.75) is 97.4 Å². The monoisotopic (exact) mass is 525 g/mol. The minimum absolute atomic E-state index is 0.0257. The molecule has 39 heavy (non-hydrogen) atoms. The zero-order chi connectivity index (χ0) is 28.2. The third-order valence-electron chi connectivity index (χ3n) is 9.55. The molecule has 0 saturated heterocycles. The number of benzene rings is 3. The number of rotatable bonds is 9. The van der Waals surface area contributed by atoms with Crippen LogP contribution in [0.5, 0.6) is 0 Å². The lowest BCUT2D eigenvalue weighted by molar-refractivity contribution is 0.393. The fourth-order valence-corrected chi connectivity index (χ4v) is 5.95. The van der Waals surface area contributed by atoms with Crippen molar-refractivity contribution in [3.63, 3.8) is 0 Å². The minimum Gasteiger partial charge on any atom is -0.363 e. The molecule has 3 aromatic rings. The normalized spacial score (nSPS) is 20.7. The maximum atomic E-state index is 5.25. The van der Waals surface area contributed by atoms with E-state index in [1.807, 2.05) is 0 Å². The topological polar surface area (TPSA) is 27.6 Å². The molecule has 1 saturated carbocycles. The summed E-state index contributed by atoms with van der Waals surface area (Å²) in [6, 6.07) is 19.9. The maximum absolute atomic E-state index is 5.25. The fourth-order valence-electron chi connectivity index (χ4n) is 5.95. The molecule has 1 N–H and O–H groups in total. The Morgan fingerprint density at radius 1 is 1.00 bits per heavy atom. The Bertz CT molecular complexity index is 1290. The third kappa shape index (κ3) is 5.94. The van der Waals surface area contributed by atoms with Gasteiger partial charge in [0.2, 0.25) is 0 Å². The highest BCUT2D eigenvalue weighted by Gasteiger charge is 2.51. The van der Waals surface area contributed by atoms with E-state index < -0.39 is 0 Å². The molecule has 1 aliphatic heterocycles. The summed E-state index contributed by atoms with van der Waals surface area (Å²) in [6.07, 6.45) is 8.68. The summed E-state index contributed by atoms with van der Waals surface area (Å²) >= 11 is 0. The summed E-state index contributed by atoms with van der Waals surface area (Å²) in [6.45, 7) is 18.4. The number of likely N-dealkylation sites (N-methyl/N-ethyl adjacent to an activating group) is 1.